The van der Waals surface area contributed by atoms with E-state index in [-0.39, 0.29) is 12.4 Å². The van der Waals surface area contributed by atoms with Gasteiger partial charge in [0.1, 0.15) is 0 Å². The summed E-state index contributed by atoms with van der Waals surface area (Å²) in [7, 11) is 3.47. The van der Waals surface area contributed by atoms with Crippen LogP contribution in [0.4, 0.5) is 5.13 Å². The summed E-state index contributed by atoms with van der Waals surface area (Å²) >= 11 is 1.59. The lowest BCUT2D eigenvalue weighted by atomic mass is 10.2. The number of ether oxygens (including phenoxy) is 1. The van der Waals surface area contributed by atoms with Gasteiger partial charge in [-0.1, -0.05) is 0 Å². The Balaban J connectivity index is 1.99. The number of nitrogens with zero attached hydrogens (tertiary/aromatic N) is 2. The normalized spacial score (nSPS) is 16.6. The standard InChI is InChI=1S/C12H18N2O2S/c1-8(9-4-5-9)14(2)12-13-10(7-17-12)6-11(15)16-3/h7-9H,4-6H2,1-3H3. The molecule has 1 fully saturated rings. The molecule has 94 valence electrons. The molecule has 0 N–H and O–H groups in total. The zero-order valence-electron chi connectivity index (χ0n) is 10.5. The Morgan fingerprint density at radius 1 is 1.71 bits per heavy atom. The van der Waals surface area contributed by atoms with Crippen molar-refractivity contribution in [2.45, 2.75) is 32.2 Å². The molecule has 1 aliphatic rings. The average Bonchev–Trinajstić information content (AvgIpc) is 3.08. The van der Waals surface area contributed by atoms with Crippen LogP contribution in [0, 0.1) is 5.92 Å². The minimum Gasteiger partial charge on any atom is -0.469 e. The molecule has 0 spiro atoms. The van der Waals surface area contributed by atoms with Crippen molar-refractivity contribution in [1.29, 1.82) is 0 Å². The molecule has 0 aliphatic heterocycles. The number of carbonyl (C=O) groups excluding carboxylic acids is 1. The molecule has 0 saturated heterocycles. The zero-order chi connectivity index (χ0) is 12.4. The van der Waals surface area contributed by atoms with E-state index < -0.39 is 0 Å². The first kappa shape index (κ1) is 12.4. The second kappa shape index (κ2) is 5.04. The summed E-state index contributed by atoms with van der Waals surface area (Å²) < 4.78 is 4.63. The third kappa shape index (κ3) is 2.97. The van der Waals surface area contributed by atoms with E-state index in [9.17, 15) is 4.79 Å². The number of carbonyl (C=O) groups is 1. The zero-order valence-corrected chi connectivity index (χ0v) is 11.3. The molecule has 5 heteroatoms. The van der Waals surface area contributed by atoms with Gasteiger partial charge in [-0.25, -0.2) is 4.98 Å². The first-order valence-electron chi connectivity index (χ1n) is 5.86. The molecule has 1 saturated carbocycles. The summed E-state index contributed by atoms with van der Waals surface area (Å²) in [5.41, 5.74) is 0.798. The van der Waals surface area contributed by atoms with Crippen LogP contribution in [-0.4, -0.2) is 31.2 Å². The van der Waals surface area contributed by atoms with Crippen molar-refractivity contribution in [3.05, 3.63) is 11.1 Å². The van der Waals surface area contributed by atoms with Crippen molar-refractivity contribution in [2.24, 2.45) is 5.92 Å². The predicted molar refractivity (Wildman–Crippen MR) is 68.4 cm³/mol. The van der Waals surface area contributed by atoms with Crippen LogP contribution in [0.25, 0.3) is 0 Å². The predicted octanol–water partition coefficient (Wildman–Crippen LogP) is 2.09. The van der Waals surface area contributed by atoms with Gasteiger partial charge in [-0.3, -0.25) is 4.79 Å². The fourth-order valence-electron chi connectivity index (χ4n) is 1.83. The number of hydrogen-bond donors (Lipinski definition) is 0. The summed E-state index contributed by atoms with van der Waals surface area (Å²) in [6.07, 6.45) is 2.91. The Bertz CT molecular complexity index is 401. The van der Waals surface area contributed by atoms with Gasteiger partial charge in [0.25, 0.3) is 0 Å². The molecular formula is C12H18N2O2S. The topological polar surface area (TPSA) is 42.4 Å². The van der Waals surface area contributed by atoms with Crippen LogP contribution in [0.5, 0.6) is 0 Å². The second-order valence-electron chi connectivity index (χ2n) is 4.56. The minimum atomic E-state index is -0.236. The Hall–Kier alpha value is -1.10. The maximum Gasteiger partial charge on any atom is 0.311 e. The fourth-order valence-corrected chi connectivity index (χ4v) is 2.71. The van der Waals surface area contributed by atoms with Gasteiger partial charge in [-0.2, -0.15) is 0 Å². The lowest BCUT2D eigenvalue weighted by molar-refractivity contribution is -0.139. The van der Waals surface area contributed by atoms with Gasteiger partial charge in [-0.15, -0.1) is 11.3 Å². The van der Waals surface area contributed by atoms with E-state index in [0.29, 0.717) is 6.04 Å². The van der Waals surface area contributed by atoms with E-state index in [2.05, 4.69) is 28.6 Å². The van der Waals surface area contributed by atoms with Gasteiger partial charge < -0.3 is 9.64 Å². The van der Waals surface area contributed by atoms with Gasteiger partial charge in [0.15, 0.2) is 5.13 Å². The summed E-state index contributed by atoms with van der Waals surface area (Å²) in [6, 6.07) is 0.534. The molecule has 1 unspecified atom stereocenters. The summed E-state index contributed by atoms with van der Waals surface area (Å²) in [4.78, 5) is 17.8. The Labute approximate surface area is 106 Å². The smallest absolute Gasteiger partial charge is 0.311 e. The number of thiazole rings is 1. The van der Waals surface area contributed by atoms with E-state index in [0.717, 1.165) is 16.7 Å². The maximum absolute atomic E-state index is 11.1. The van der Waals surface area contributed by atoms with Crippen molar-refractivity contribution in [3.63, 3.8) is 0 Å². The lowest BCUT2D eigenvalue weighted by Gasteiger charge is -2.23. The van der Waals surface area contributed by atoms with E-state index in [1.807, 2.05) is 5.38 Å². The highest BCUT2D eigenvalue weighted by atomic mass is 32.1. The largest absolute Gasteiger partial charge is 0.469 e. The van der Waals surface area contributed by atoms with Gasteiger partial charge in [0.05, 0.1) is 19.2 Å². The fraction of sp³-hybridized carbons (Fsp3) is 0.667. The molecule has 1 aromatic heterocycles. The maximum atomic E-state index is 11.1. The molecule has 1 heterocycles. The van der Waals surface area contributed by atoms with Crippen molar-refractivity contribution >= 4 is 22.4 Å². The first-order valence-corrected chi connectivity index (χ1v) is 6.74. The number of esters is 1. The van der Waals surface area contributed by atoms with E-state index in [4.69, 9.17) is 0 Å². The van der Waals surface area contributed by atoms with Crippen LogP contribution in [0.15, 0.2) is 5.38 Å². The molecule has 0 amide bonds. The summed E-state index contributed by atoms with van der Waals surface area (Å²) in [6.45, 7) is 2.24. The molecule has 17 heavy (non-hydrogen) atoms. The highest BCUT2D eigenvalue weighted by molar-refractivity contribution is 7.13. The van der Waals surface area contributed by atoms with Gasteiger partial charge in [0.2, 0.25) is 0 Å². The number of aromatic nitrogens is 1. The SMILES string of the molecule is COC(=O)Cc1csc(N(C)C(C)C2CC2)n1. The molecule has 4 nitrogen and oxygen atoms in total. The third-order valence-corrected chi connectivity index (χ3v) is 4.29. The molecule has 0 radical (unpaired) electrons. The van der Waals surface area contributed by atoms with Crippen LogP contribution in [0.1, 0.15) is 25.5 Å². The van der Waals surface area contributed by atoms with Crippen molar-refractivity contribution < 1.29 is 9.53 Å². The molecule has 1 aromatic rings. The number of anilines is 1. The number of hydrogen-bond acceptors (Lipinski definition) is 5. The number of rotatable bonds is 5. The molecule has 1 aliphatic carbocycles. The first-order chi connectivity index (χ1) is 8.11. The van der Waals surface area contributed by atoms with Crippen LogP contribution in [-0.2, 0) is 16.0 Å². The Morgan fingerprint density at radius 3 is 3.00 bits per heavy atom. The molecule has 2 rings (SSSR count). The van der Waals surface area contributed by atoms with E-state index in [1.54, 1.807) is 11.3 Å². The molecule has 0 aromatic carbocycles. The molecule has 0 bridgehead atoms. The van der Waals surface area contributed by atoms with Gasteiger partial charge in [-0.05, 0) is 25.7 Å². The second-order valence-corrected chi connectivity index (χ2v) is 5.40. The van der Waals surface area contributed by atoms with Gasteiger partial charge in [0, 0.05) is 18.5 Å². The van der Waals surface area contributed by atoms with Crippen LogP contribution < -0.4 is 4.90 Å². The Morgan fingerprint density at radius 2 is 2.41 bits per heavy atom. The van der Waals surface area contributed by atoms with Crippen LogP contribution in [0.2, 0.25) is 0 Å². The summed E-state index contributed by atoms with van der Waals surface area (Å²) in [5.74, 6) is 0.577. The highest BCUT2D eigenvalue weighted by Gasteiger charge is 2.31. The van der Waals surface area contributed by atoms with Crippen molar-refractivity contribution in [2.75, 3.05) is 19.1 Å². The van der Waals surface area contributed by atoms with Gasteiger partial charge >= 0.3 is 5.97 Å². The van der Waals surface area contributed by atoms with Crippen molar-refractivity contribution in [3.8, 4) is 0 Å². The third-order valence-electron chi connectivity index (χ3n) is 3.31. The average molecular weight is 254 g/mol. The van der Waals surface area contributed by atoms with E-state index in [1.165, 1.54) is 20.0 Å². The van der Waals surface area contributed by atoms with Crippen LogP contribution in [0.3, 0.4) is 0 Å². The van der Waals surface area contributed by atoms with Crippen molar-refractivity contribution in [1.82, 2.24) is 4.98 Å². The van der Waals surface area contributed by atoms with E-state index >= 15 is 0 Å². The number of methoxy groups -OCH3 is 1. The quantitative estimate of drug-likeness (QED) is 0.755. The summed E-state index contributed by atoms with van der Waals surface area (Å²) in [5, 5.41) is 2.92. The minimum absolute atomic E-state index is 0.236. The van der Waals surface area contributed by atoms with Crippen LogP contribution >= 0.6 is 11.3 Å². The molecule has 1 atom stereocenters. The molecular weight excluding hydrogens is 236 g/mol. The monoisotopic (exact) mass is 254 g/mol. The lowest BCUT2D eigenvalue weighted by Crippen LogP contribution is -2.30. The Kier molecular flexibility index (Phi) is 3.66. The highest BCUT2D eigenvalue weighted by Crippen LogP contribution is 2.36.